The minimum Gasteiger partial charge on any atom is -0.480 e. The number of carbonyl (C=O) groups is 1. The molecule has 1 heterocycles. The standard InChI is InChI=1S/C12H14N4O2S/c1-19-10-4-2-3-9(6-10)16-7-8(14-15-16)5-11(13)12(17)18/h2-4,6-7,11H,5,13H2,1H3,(H,17,18). The molecule has 1 atom stereocenters. The van der Waals surface area contributed by atoms with Gasteiger partial charge in [0.15, 0.2) is 0 Å². The first-order chi connectivity index (χ1) is 9.10. The Morgan fingerprint density at radius 1 is 1.58 bits per heavy atom. The molecule has 0 bridgehead atoms. The van der Waals surface area contributed by atoms with E-state index in [4.69, 9.17) is 10.8 Å². The van der Waals surface area contributed by atoms with Gasteiger partial charge in [0, 0.05) is 11.3 Å². The van der Waals surface area contributed by atoms with Gasteiger partial charge in [-0.15, -0.1) is 16.9 Å². The topological polar surface area (TPSA) is 94.0 Å². The maximum atomic E-state index is 10.7. The van der Waals surface area contributed by atoms with Crippen LogP contribution in [0, 0.1) is 0 Å². The number of aromatic nitrogens is 3. The van der Waals surface area contributed by atoms with E-state index < -0.39 is 12.0 Å². The van der Waals surface area contributed by atoms with Crippen LogP contribution in [0.1, 0.15) is 5.69 Å². The van der Waals surface area contributed by atoms with Crippen molar-refractivity contribution >= 4 is 17.7 Å². The molecule has 0 aliphatic heterocycles. The smallest absolute Gasteiger partial charge is 0.320 e. The summed E-state index contributed by atoms with van der Waals surface area (Å²) in [6.45, 7) is 0. The number of benzene rings is 1. The van der Waals surface area contributed by atoms with E-state index in [1.165, 1.54) is 0 Å². The Labute approximate surface area is 114 Å². The van der Waals surface area contributed by atoms with Crippen molar-refractivity contribution in [1.29, 1.82) is 0 Å². The van der Waals surface area contributed by atoms with Gasteiger partial charge < -0.3 is 10.8 Å². The molecule has 1 aromatic heterocycles. The van der Waals surface area contributed by atoms with Crippen molar-refractivity contribution in [3.05, 3.63) is 36.2 Å². The summed E-state index contributed by atoms with van der Waals surface area (Å²) in [4.78, 5) is 11.8. The van der Waals surface area contributed by atoms with Crippen molar-refractivity contribution in [3.8, 4) is 5.69 Å². The molecule has 6 nitrogen and oxygen atoms in total. The molecule has 7 heteroatoms. The van der Waals surface area contributed by atoms with Crippen LogP contribution in [-0.2, 0) is 11.2 Å². The second kappa shape index (κ2) is 5.85. The molecule has 0 radical (unpaired) electrons. The van der Waals surface area contributed by atoms with Crippen LogP contribution in [0.15, 0.2) is 35.4 Å². The molecule has 3 N–H and O–H groups in total. The largest absolute Gasteiger partial charge is 0.480 e. The van der Waals surface area contributed by atoms with Crippen LogP contribution in [-0.4, -0.2) is 38.4 Å². The zero-order chi connectivity index (χ0) is 13.8. The Kier molecular flexibility index (Phi) is 4.18. The second-order valence-corrected chi connectivity index (χ2v) is 4.88. The van der Waals surface area contributed by atoms with E-state index in [-0.39, 0.29) is 6.42 Å². The Bertz CT molecular complexity index is 585. The number of thioether (sulfide) groups is 1. The predicted octanol–water partition coefficient (Wildman–Crippen LogP) is 0.944. The average Bonchev–Trinajstić information content (AvgIpc) is 2.87. The molecular weight excluding hydrogens is 264 g/mol. The molecule has 1 aromatic carbocycles. The quantitative estimate of drug-likeness (QED) is 0.791. The molecule has 0 aliphatic rings. The minimum absolute atomic E-state index is 0.164. The lowest BCUT2D eigenvalue weighted by molar-refractivity contribution is -0.138. The molecule has 100 valence electrons. The van der Waals surface area contributed by atoms with Crippen molar-refractivity contribution in [1.82, 2.24) is 15.0 Å². The second-order valence-electron chi connectivity index (χ2n) is 4.00. The van der Waals surface area contributed by atoms with Gasteiger partial charge >= 0.3 is 5.97 Å². The van der Waals surface area contributed by atoms with Crippen LogP contribution in [0.4, 0.5) is 0 Å². The highest BCUT2D eigenvalue weighted by atomic mass is 32.2. The van der Waals surface area contributed by atoms with Crippen LogP contribution < -0.4 is 5.73 Å². The molecule has 2 rings (SSSR count). The molecule has 0 saturated carbocycles. The Morgan fingerprint density at radius 2 is 2.37 bits per heavy atom. The van der Waals surface area contributed by atoms with Crippen molar-refractivity contribution in [3.63, 3.8) is 0 Å². The van der Waals surface area contributed by atoms with E-state index in [0.29, 0.717) is 5.69 Å². The number of hydrogen-bond acceptors (Lipinski definition) is 5. The van der Waals surface area contributed by atoms with Crippen LogP contribution in [0.5, 0.6) is 0 Å². The maximum absolute atomic E-state index is 10.7. The fourth-order valence-corrected chi connectivity index (χ4v) is 2.04. The highest BCUT2D eigenvalue weighted by Crippen LogP contribution is 2.18. The van der Waals surface area contributed by atoms with E-state index >= 15 is 0 Å². The molecule has 0 spiro atoms. The minimum atomic E-state index is -1.04. The van der Waals surface area contributed by atoms with Crippen molar-refractivity contribution in [2.45, 2.75) is 17.4 Å². The molecular formula is C12H14N4O2S. The van der Waals surface area contributed by atoms with Crippen LogP contribution in [0.2, 0.25) is 0 Å². The molecule has 0 fully saturated rings. The van der Waals surface area contributed by atoms with Crippen LogP contribution in [0.25, 0.3) is 5.69 Å². The predicted molar refractivity (Wildman–Crippen MR) is 72.5 cm³/mol. The van der Waals surface area contributed by atoms with Gasteiger partial charge in [-0.3, -0.25) is 4.79 Å². The molecule has 0 amide bonds. The first-order valence-corrected chi connectivity index (χ1v) is 6.86. The summed E-state index contributed by atoms with van der Waals surface area (Å²) in [5.74, 6) is -1.04. The summed E-state index contributed by atoms with van der Waals surface area (Å²) in [6.07, 6.45) is 3.86. The number of carboxylic acids is 1. The molecule has 2 aromatic rings. The normalized spacial score (nSPS) is 12.3. The van der Waals surface area contributed by atoms with E-state index in [2.05, 4.69) is 10.3 Å². The van der Waals surface area contributed by atoms with Gasteiger partial charge in [0.1, 0.15) is 6.04 Å². The first-order valence-electron chi connectivity index (χ1n) is 5.64. The molecule has 0 aliphatic carbocycles. The molecule has 0 saturated heterocycles. The van der Waals surface area contributed by atoms with Crippen molar-refractivity contribution in [2.24, 2.45) is 5.73 Å². The Hall–Kier alpha value is -1.86. The third-order valence-corrected chi connectivity index (χ3v) is 3.33. The number of rotatable bonds is 5. The number of carboxylic acid groups (broad SMARTS) is 1. The van der Waals surface area contributed by atoms with Crippen molar-refractivity contribution in [2.75, 3.05) is 6.26 Å². The van der Waals surface area contributed by atoms with E-state index in [1.54, 1.807) is 22.6 Å². The van der Waals surface area contributed by atoms with Gasteiger partial charge in [-0.05, 0) is 24.5 Å². The highest BCUT2D eigenvalue weighted by molar-refractivity contribution is 7.98. The third kappa shape index (κ3) is 3.33. The number of nitrogens with zero attached hydrogens (tertiary/aromatic N) is 3. The van der Waals surface area contributed by atoms with Gasteiger partial charge in [0.2, 0.25) is 0 Å². The van der Waals surface area contributed by atoms with Crippen LogP contribution in [0.3, 0.4) is 0 Å². The number of aliphatic carboxylic acids is 1. The fourth-order valence-electron chi connectivity index (χ4n) is 1.58. The molecule has 19 heavy (non-hydrogen) atoms. The Balaban J connectivity index is 2.18. The monoisotopic (exact) mass is 278 g/mol. The lowest BCUT2D eigenvalue weighted by atomic mass is 10.2. The first kappa shape index (κ1) is 13.6. The third-order valence-electron chi connectivity index (χ3n) is 2.60. The summed E-state index contributed by atoms with van der Waals surface area (Å²) in [6, 6.07) is 6.88. The summed E-state index contributed by atoms with van der Waals surface area (Å²) >= 11 is 1.64. The zero-order valence-corrected chi connectivity index (χ0v) is 11.2. The van der Waals surface area contributed by atoms with Gasteiger partial charge in [-0.25, -0.2) is 4.68 Å². The van der Waals surface area contributed by atoms with Crippen LogP contribution >= 0.6 is 11.8 Å². The lowest BCUT2D eigenvalue weighted by Crippen LogP contribution is -2.32. The van der Waals surface area contributed by atoms with E-state index in [9.17, 15) is 4.79 Å². The average molecular weight is 278 g/mol. The highest BCUT2D eigenvalue weighted by Gasteiger charge is 2.14. The SMILES string of the molecule is CSc1cccc(-n2cc(CC(N)C(=O)O)nn2)c1. The van der Waals surface area contributed by atoms with E-state index in [0.717, 1.165) is 10.6 Å². The van der Waals surface area contributed by atoms with E-state index in [1.807, 2.05) is 30.5 Å². The summed E-state index contributed by atoms with van der Waals surface area (Å²) in [5.41, 5.74) is 6.91. The van der Waals surface area contributed by atoms with Gasteiger partial charge in [0.25, 0.3) is 0 Å². The summed E-state index contributed by atoms with van der Waals surface area (Å²) in [5, 5.41) is 16.7. The maximum Gasteiger partial charge on any atom is 0.320 e. The van der Waals surface area contributed by atoms with Gasteiger partial charge in [0.05, 0.1) is 17.6 Å². The fraction of sp³-hybridized carbons (Fsp3) is 0.250. The lowest BCUT2D eigenvalue weighted by Gasteiger charge is -2.03. The molecule has 1 unspecified atom stereocenters. The summed E-state index contributed by atoms with van der Waals surface area (Å²) < 4.78 is 1.61. The zero-order valence-electron chi connectivity index (χ0n) is 10.4. The van der Waals surface area contributed by atoms with Crippen molar-refractivity contribution < 1.29 is 9.90 Å². The van der Waals surface area contributed by atoms with Gasteiger partial charge in [-0.1, -0.05) is 11.3 Å². The Morgan fingerprint density at radius 3 is 3.05 bits per heavy atom. The number of nitrogens with two attached hydrogens (primary N) is 1. The van der Waals surface area contributed by atoms with Gasteiger partial charge in [-0.2, -0.15) is 0 Å². The number of hydrogen-bond donors (Lipinski definition) is 2. The summed E-state index contributed by atoms with van der Waals surface area (Å²) in [7, 11) is 0.